The molecule has 5 nitrogen and oxygen atoms in total. The zero-order chi connectivity index (χ0) is 18.5. The molecule has 0 aliphatic carbocycles. The van der Waals surface area contributed by atoms with Crippen molar-refractivity contribution >= 4 is 11.7 Å². The van der Waals surface area contributed by atoms with Gasteiger partial charge in [0.15, 0.2) is 5.78 Å². The number of amides is 1. The van der Waals surface area contributed by atoms with E-state index in [2.05, 4.69) is 23.7 Å². The van der Waals surface area contributed by atoms with Crippen LogP contribution in [0, 0.1) is 0 Å². The van der Waals surface area contributed by atoms with Gasteiger partial charge in [0.25, 0.3) is 5.91 Å². The monoisotopic (exact) mass is 351 g/mol. The van der Waals surface area contributed by atoms with Crippen molar-refractivity contribution in [3.8, 4) is 0 Å². The SMILES string of the molecule is CC(C)c1ccc(C(=O)CN2CCN(C(=O)c3cccnc3)CC2)cc1. The van der Waals surface area contributed by atoms with E-state index in [0.29, 0.717) is 44.2 Å². The van der Waals surface area contributed by atoms with Crippen molar-refractivity contribution in [2.24, 2.45) is 0 Å². The Balaban J connectivity index is 1.52. The van der Waals surface area contributed by atoms with Gasteiger partial charge in [0.05, 0.1) is 12.1 Å². The highest BCUT2D eigenvalue weighted by molar-refractivity contribution is 5.97. The van der Waals surface area contributed by atoms with Crippen LogP contribution in [0.4, 0.5) is 0 Å². The first-order chi connectivity index (χ1) is 12.5. The fourth-order valence-electron chi connectivity index (χ4n) is 3.13. The number of hydrogen-bond acceptors (Lipinski definition) is 4. The molecule has 0 N–H and O–H groups in total. The Morgan fingerprint density at radius 2 is 1.69 bits per heavy atom. The van der Waals surface area contributed by atoms with Gasteiger partial charge < -0.3 is 4.90 Å². The van der Waals surface area contributed by atoms with Gasteiger partial charge in [-0.15, -0.1) is 0 Å². The lowest BCUT2D eigenvalue weighted by molar-refractivity contribution is 0.0624. The number of ketones is 1. The van der Waals surface area contributed by atoms with Crippen LogP contribution in [0.2, 0.25) is 0 Å². The van der Waals surface area contributed by atoms with Gasteiger partial charge in [0.1, 0.15) is 0 Å². The summed E-state index contributed by atoms with van der Waals surface area (Å²) in [5.41, 5.74) is 2.61. The van der Waals surface area contributed by atoms with Crippen LogP contribution in [-0.4, -0.2) is 59.2 Å². The van der Waals surface area contributed by atoms with Crippen LogP contribution in [0.25, 0.3) is 0 Å². The van der Waals surface area contributed by atoms with Crippen molar-refractivity contribution in [1.29, 1.82) is 0 Å². The Morgan fingerprint density at radius 1 is 1.00 bits per heavy atom. The molecule has 1 aliphatic heterocycles. The lowest BCUT2D eigenvalue weighted by Gasteiger charge is -2.34. The number of Topliss-reactive ketones (excluding diaryl/α,β-unsaturated/α-hetero) is 1. The summed E-state index contributed by atoms with van der Waals surface area (Å²) in [5.74, 6) is 0.602. The molecule has 0 atom stereocenters. The molecule has 136 valence electrons. The summed E-state index contributed by atoms with van der Waals surface area (Å²) in [6.07, 6.45) is 3.26. The first kappa shape index (κ1) is 18.3. The summed E-state index contributed by atoms with van der Waals surface area (Å²) in [6.45, 7) is 7.37. The molecule has 1 fully saturated rings. The minimum atomic E-state index is 0.00773. The highest BCUT2D eigenvalue weighted by Crippen LogP contribution is 2.15. The number of nitrogens with zero attached hydrogens (tertiary/aromatic N) is 3. The summed E-state index contributed by atoms with van der Waals surface area (Å²) in [5, 5.41) is 0. The molecule has 3 rings (SSSR count). The third-order valence-corrected chi connectivity index (χ3v) is 4.83. The Kier molecular flexibility index (Phi) is 5.78. The van der Waals surface area contributed by atoms with Gasteiger partial charge >= 0.3 is 0 Å². The zero-order valence-electron chi connectivity index (χ0n) is 15.4. The van der Waals surface area contributed by atoms with E-state index in [9.17, 15) is 9.59 Å². The zero-order valence-corrected chi connectivity index (χ0v) is 15.4. The van der Waals surface area contributed by atoms with Crippen molar-refractivity contribution in [3.63, 3.8) is 0 Å². The van der Waals surface area contributed by atoms with Crippen molar-refractivity contribution in [2.45, 2.75) is 19.8 Å². The molecular formula is C21H25N3O2. The molecule has 0 saturated carbocycles. The van der Waals surface area contributed by atoms with Crippen LogP contribution in [0.15, 0.2) is 48.8 Å². The van der Waals surface area contributed by atoms with Crippen molar-refractivity contribution < 1.29 is 9.59 Å². The average molecular weight is 351 g/mol. The fraction of sp³-hybridized carbons (Fsp3) is 0.381. The van der Waals surface area contributed by atoms with E-state index in [1.165, 1.54) is 5.56 Å². The van der Waals surface area contributed by atoms with E-state index in [1.54, 1.807) is 24.5 Å². The van der Waals surface area contributed by atoms with E-state index >= 15 is 0 Å². The van der Waals surface area contributed by atoms with Crippen LogP contribution in [0.3, 0.4) is 0 Å². The van der Waals surface area contributed by atoms with Crippen LogP contribution >= 0.6 is 0 Å². The highest BCUT2D eigenvalue weighted by Gasteiger charge is 2.23. The second-order valence-electron chi connectivity index (χ2n) is 7.01. The summed E-state index contributed by atoms with van der Waals surface area (Å²) in [4.78, 5) is 32.9. The van der Waals surface area contributed by atoms with E-state index in [1.807, 2.05) is 29.2 Å². The van der Waals surface area contributed by atoms with Crippen LogP contribution < -0.4 is 0 Å². The van der Waals surface area contributed by atoms with Gasteiger partial charge in [-0.3, -0.25) is 19.5 Å². The number of aromatic nitrogens is 1. The minimum absolute atomic E-state index is 0.00773. The molecule has 2 heterocycles. The molecule has 1 saturated heterocycles. The van der Waals surface area contributed by atoms with E-state index < -0.39 is 0 Å². The normalized spacial score (nSPS) is 15.3. The number of carbonyl (C=O) groups is 2. The number of benzene rings is 1. The Labute approximate surface area is 154 Å². The summed E-state index contributed by atoms with van der Waals surface area (Å²) >= 11 is 0. The predicted octanol–water partition coefficient (Wildman–Crippen LogP) is 2.85. The number of rotatable bonds is 5. The maximum atomic E-state index is 12.5. The molecule has 5 heteroatoms. The van der Waals surface area contributed by atoms with Gasteiger partial charge in [-0.2, -0.15) is 0 Å². The van der Waals surface area contributed by atoms with Crippen molar-refractivity contribution in [2.75, 3.05) is 32.7 Å². The first-order valence-electron chi connectivity index (χ1n) is 9.09. The van der Waals surface area contributed by atoms with Gasteiger partial charge in [-0.05, 0) is 23.6 Å². The van der Waals surface area contributed by atoms with Crippen molar-refractivity contribution in [3.05, 3.63) is 65.5 Å². The predicted molar refractivity (Wildman–Crippen MR) is 101 cm³/mol. The molecular weight excluding hydrogens is 326 g/mol. The third-order valence-electron chi connectivity index (χ3n) is 4.83. The number of piperazine rings is 1. The maximum absolute atomic E-state index is 12.5. The minimum Gasteiger partial charge on any atom is -0.336 e. The second kappa shape index (κ2) is 8.23. The van der Waals surface area contributed by atoms with Crippen LogP contribution in [-0.2, 0) is 0 Å². The molecule has 0 unspecified atom stereocenters. The van der Waals surface area contributed by atoms with E-state index in [-0.39, 0.29) is 11.7 Å². The largest absolute Gasteiger partial charge is 0.336 e. The molecule has 1 aromatic heterocycles. The molecule has 0 radical (unpaired) electrons. The molecule has 2 aromatic rings. The fourth-order valence-corrected chi connectivity index (χ4v) is 3.13. The number of hydrogen-bond donors (Lipinski definition) is 0. The average Bonchev–Trinajstić information content (AvgIpc) is 2.68. The summed E-state index contributed by atoms with van der Waals surface area (Å²) in [6, 6.07) is 11.4. The summed E-state index contributed by atoms with van der Waals surface area (Å²) < 4.78 is 0. The first-order valence-corrected chi connectivity index (χ1v) is 9.09. The third kappa shape index (κ3) is 4.35. The molecule has 1 amide bonds. The van der Waals surface area contributed by atoms with E-state index in [0.717, 1.165) is 5.56 Å². The Hall–Kier alpha value is -2.53. The molecule has 0 spiro atoms. The van der Waals surface area contributed by atoms with Crippen LogP contribution in [0.5, 0.6) is 0 Å². The highest BCUT2D eigenvalue weighted by atomic mass is 16.2. The Morgan fingerprint density at radius 3 is 2.27 bits per heavy atom. The summed E-state index contributed by atoms with van der Waals surface area (Å²) in [7, 11) is 0. The Bertz CT molecular complexity index is 749. The lowest BCUT2D eigenvalue weighted by atomic mass is 10.0. The molecule has 26 heavy (non-hydrogen) atoms. The topological polar surface area (TPSA) is 53.5 Å². The quantitative estimate of drug-likeness (QED) is 0.778. The van der Waals surface area contributed by atoms with Crippen molar-refractivity contribution in [1.82, 2.24) is 14.8 Å². The maximum Gasteiger partial charge on any atom is 0.255 e. The van der Waals surface area contributed by atoms with Gasteiger partial charge in [0, 0.05) is 44.1 Å². The molecule has 1 aliphatic rings. The smallest absolute Gasteiger partial charge is 0.255 e. The van der Waals surface area contributed by atoms with Crippen LogP contribution in [0.1, 0.15) is 46.0 Å². The van der Waals surface area contributed by atoms with E-state index in [4.69, 9.17) is 0 Å². The lowest BCUT2D eigenvalue weighted by Crippen LogP contribution is -2.49. The molecule has 1 aromatic carbocycles. The van der Waals surface area contributed by atoms with Gasteiger partial charge in [0.2, 0.25) is 0 Å². The number of pyridine rings is 1. The second-order valence-corrected chi connectivity index (χ2v) is 7.01. The molecule has 0 bridgehead atoms. The standard InChI is InChI=1S/C21H25N3O2/c1-16(2)17-5-7-18(8-6-17)20(25)15-23-10-12-24(13-11-23)21(26)19-4-3-9-22-14-19/h3-9,14,16H,10-13,15H2,1-2H3. The van der Waals surface area contributed by atoms with Gasteiger partial charge in [-0.1, -0.05) is 38.1 Å². The number of carbonyl (C=O) groups excluding carboxylic acids is 2. The van der Waals surface area contributed by atoms with Gasteiger partial charge in [-0.25, -0.2) is 0 Å².